The summed E-state index contributed by atoms with van der Waals surface area (Å²) in [5.41, 5.74) is 7.72. The van der Waals surface area contributed by atoms with E-state index < -0.39 is 13.3 Å². The van der Waals surface area contributed by atoms with Crippen LogP contribution in [0.4, 0.5) is 28.4 Å². The molecule has 3 N–H and O–H groups in total. The summed E-state index contributed by atoms with van der Waals surface area (Å²) in [4.78, 5) is -0.148. The normalized spacial score (nSPS) is 12.1. The molecule has 4 rings (SSSR count). The van der Waals surface area contributed by atoms with Crippen molar-refractivity contribution in [1.82, 2.24) is 0 Å². The second-order valence-corrected chi connectivity index (χ2v) is 11.3. The molecule has 0 radical (unpaired) electrons. The Hall–Kier alpha value is -3.42. The first-order valence-electron chi connectivity index (χ1n) is 9.32. The van der Waals surface area contributed by atoms with E-state index in [9.17, 15) is 13.5 Å². The van der Waals surface area contributed by atoms with Crippen molar-refractivity contribution in [3.05, 3.63) is 78.9 Å². The predicted octanol–water partition coefficient (Wildman–Crippen LogP) is 6.19. The van der Waals surface area contributed by atoms with E-state index in [1.165, 1.54) is 6.07 Å². The van der Waals surface area contributed by atoms with Crippen molar-refractivity contribution in [2.45, 2.75) is 4.90 Å². The fourth-order valence-corrected chi connectivity index (χ4v) is 4.62. The number of benzene rings is 4. The van der Waals surface area contributed by atoms with Crippen molar-refractivity contribution in [3.8, 4) is 5.75 Å². The zero-order valence-corrected chi connectivity index (χ0v) is 19.3. The number of fused-ring (bicyclic) bond motifs is 1. The Labute approximate surface area is 194 Å². The topological polar surface area (TPSA) is 130 Å². The van der Waals surface area contributed by atoms with Crippen LogP contribution in [0.25, 0.3) is 10.8 Å². The van der Waals surface area contributed by atoms with E-state index >= 15 is 0 Å². The number of hydrogen-bond acceptors (Lipinski definition) is 8. The Balaban J connectivity index is 1.89. The quantitative estimate of drug-likeness (QED) is 0.182. The molecule has 0 saturated carbocycles. The van der Waals surface area contributed by atoms with Crippen LogP contribution < -0.4 is 5.73 Å². The van der Waals surface area contributed by atoms with Crippen molar-refractivity contribution >= 4 is 46.8 Å². The summed E-state index contributed by atoms with van der Waals surface area (Å²) in [5.74, 6) is -0.390. The summed E-state index contributed by atoms with van der Waals surface area (Å²) in [6.07, 6.45) is 0. The number of hydrogen-bond donors (Lipinski definition) is 2. The third kappa shape index (κ3) is 4.59. The molecule has 0 amide bonds. The van der Waals surface area contributed by atoms with Crippen LogP contribution in [0.3, 0.4) is 0 Å². The van der Waals surface area contributed by atoms with Crippen molar-refractivity contribution in [1.29, 1.82) is 0 Å². The van der Waals surface area contributed by atoms with Crippen LogP contribution >= 0.6 is 0 Å². The third-order valence-corrected chi connectivity index (χ3v) is 6.73. The third-order valence-electron chi connectivity index (χ3n) is 4.56. The predicted molar refractivity (Wildman–Crippen MR) is 118 cm³/mol. The number of phenols is 1. The van der Waals surface area contributed by atoms with Gasteiger partial charge in [-0.15, -0.1) is 0 Å². The van der Waals surface area contributed by atoms with Crippen LogP contribution in [-0.4, -0.2) is 13.5 Å². The van der Waals surface area contributed by atoms with E-state index in [1.807, 2.05) is 24.3 Å². The molecule has 0 spiro atoms. The van der Waals surface area contributed by atoms with Gasteiger partial charge in [-0.3, -0.25) is 0 Å². The molecule has 4 aromatic carbocycles. The van der Waals surface area contributed by atoms with Crippen LogP contribution in [0.1, 0.15) is 0 Å². The molecule has 0 saturated heterocycles. The van der Waals surface area contributed by atoms with Gasteiger partial charge in [-0.2, -0.15) is 0 Å². The molecule has 0 aliphatic heterocycles. The number of aromatic hydroxyl groups is 1. The van der Waals surface area contributed by atoms with E-state index in [4.69, 9.17) is 5.73 Å². The van der Waals surface area contributed by atoms with Crippen LogP contribution in [-0.2, 0) is 26.1 Å². The number of nitrogen functional groups attached to an aromatic ring is 1. The van der Waals surface area contributed by atoms with Gasteiger partial charge in [-0.25, -0.2) is 0 Å². The molecule has 4 aromatic rings. The van der Waals surface area contributed by atoms with Crippen LogP contribution in [0.2, 0.25) is 0 Å². The summed E-state index contributed by atoms with van der Waals surface area (Å²) < 4.78 is 24.8. The van der Waals surface area contributed by atoms with Gasteiger partial charge in [-0.1, -0.05) is 6.07 Å². The first kappa shape index (κ1) is 21.8. The minimum absolute atomic E-state index is 0.148. The average Bonchev–Trinajstić information content (AvgIpc) is 2.78. The number of rotatable bonds is 5. The standard InChI is InChI=1S/C22H16N5O3S.Mo/c23-20-17(26-24-15-7-3-1-4-8-15)12-11-14-13-18(31(29)30)21(22(28)19(14)20)27-25-16-9-5-2-6-10-16;/h1-13,28H,23H2;/b26-24+,27-25+;. The minimum atomic E-state index is -3.71. The van der Waals surface area contributed by atoms with Crippen molar-refractivity contribution in [2.24, 2.45) is 20.5 Å². The summed E-state index contributed by atoms with van der Waals surface area (Å²) in [6.45, 7) is 0. The molecular formula is C22H16MoN5O3S. The van der Waals surface area contributed by atoms with Crippen LogP contribution in [0.15, 0.2) is 104 Å². The van der Waals surface area contributed by atoms with Crippen LogP contribution in [0.5, 0.6) is 5.75 Å². The number of anilines is 1. The average molecular weight is 526 g/mol. The molecule has 0 heterocycles. The molecule has 0 aromatic heterocycles. The maximum absolute atomic E-state index is 12.4. The SMILES string of the molecule is Nc1c(/N=N/c2ccccc2)ccc2cc([S](=O)(=O)[Mo])c(/N=N/c3ccccc3)c(O)c12. The molecule has 159 valence electrons. The van der Waals surface area contributed by atoms with E-state index in [0.29, 0.717) is 22.4 Å². The van der Waals surface area contributed by atoms with Gasteiger partial charge in [0.05, 0.1) is 0 Å². The van der Waals surface area contributed by atoms with E-state index in [1.54, 1.807) is 48.5 Å². The first-order chi connectivity index (χ1) is 15.3. The van der Waals surface area contributed by atoms with Gasteiger partial charge < -0.3 is 0 Å². The van der Waals surface area contributed by atoms with E-state index in [-0.39, 0.29) is 21.7 Å². The first-order valence-corrected chi connectivity index (χ1v) is 13.2. The monoisotopic (exact) mass is 528 g/mol. The Kier molecular flexibility index (Phi) is 6.12. The molecule has 0 bridgehead atoms. The van der Waals surface area contributed by atoms with Gasteiger partial charge in [0.25, 0.3) is 0 Å². The van der Waals surface area contributed by atoms with Crippen molar-refractivity contribution in [2.75, 3.05) is 5.73 Å². The second kappa shape index (κ2) is 8.98. The molecule has 0 unspecified atom stereocenters. The maximum atomic E-state index is 12.4. The van der Waals surface area contributed by atoms with Gasteiger partial charge in [-0.05, 0) is 0 Å². The number of nitrogens with zero attached hydrogens (tertiary/aromatic N) is 4. The van der Waals surface area contributed by atoms with Gasteiger partial charge >= 0.3 is 188 Å². The van der Waals surface area contributed by atoms with Gasteiger partial charge in [0, 0.05) is 0 Å². The summed E-state index contributed by atoms with van der Waals surface area (Å²) in [5, 5.41) is 28.1. The molecule has 10 heteroatoms. The Morgan fingerprint density at radius 3 is 1.91 bits per heavy atom. The van der Waals surface area contributed by atoms with Crippen LogP contribution in [0, 0.1) is 0 Å². The van der Waals surface area contributed by atoms with Gasteiger partial charge in [0.2, 0.25) is 0 Å². The molecule has 0 aliphatic rings. The molecule has 0 aliphatic carbocycles. The zero-order chi connectivity index (χ0) is 22.7. The fourth-order valence-electron chi connectivity index (χ4n) is 3.04. The van der Waals surface area contributed by atoms with Crippen molar-refractivity contribution in [3.63, 3.8) is 0 Å². The number of azo groups is 2. The Morgan fingerprint density at radius 2 is 1.34 bits per heavy atom. The van der Waals surface area contributed by atoms with Crippen molar-refractivity contribution < 1.29 is 32.1 Å². The molecule has 8 nitrogen and oxygen atoms in total. The Bertz CT molecular complexity index is 1460. The van der Waals surface area contributed by atoms with E-state index in [0.717, 1.165) is 18.5 Å². The fraction of sp³-hybridized carbons (Fsp3) is 0. The summed E-state index contributed by atoms with van der Waals surface area (Å²) in [6, 6.07) is 22.6. The molecular weight excluding hydrogens is 510 g/mol. The zero-order valence-electron chi connectivity index (χ0n) is 16.5. The van der Waals surface area contributed by atoms with Gasteiger partial charge in [0.15, 0.2) is 0 Å². The summed E-state index contributed by atoms with van der Waals surface area (Å²) in [7, 11) is -3.71. The molecule has 0 fully saturated rings. The molecule has 0 atom stereocenters. The number of nitrogens with two attached hydrogens (primary N) is 1. The second-order valence-electron chi connectivity index (χ2n) is 6.69. The number of phenolic OH excluding ortho intramolecular Hbond substituents is 1. The van der Waals surface area contributed by atoms with E-state index in [2.05, 4.69) is 20.5 Å². The van der Waals surface area contributed by atoms with Gasteiger partial charge in [0.1, 0.15) is 0 Å². The Morgan fingerprint density at radius 1 is 0.781 bits per heavy atom. The summed E-state index contributed by atoms with van der Waals surface area (Å²) >= 11 is 0.956. The molecule has 32 heavy (non-hydrogen) atoms.